The van der Waals surface area contributed by atoms with Gasteiger partial charge in [-0.3, -0.25) is 9.59 Å². The first-order chi connectivity index (χ1) is 8.65. The van der Waals surface area contributed by atoms with Crippen LogP contribution in [0.2, 0.25) is 0 Å². The van der Waals surface area contributed by atoms with Crippen molar-refractivity contribution in [2.45, 2.75) is 52.7 Å². The molecule has 0 heterocycles. The third-order valence-electron chi connectivity index (χ3n) is 4.59. The molecular formula is C15H21NO3. The van der Waals surface area contributed by atoms with Crippen molar-refractivity contribution in [1.82, 2.24) is 0 Å². The van der Waals surface area contributed by atoms with Crippen LogP contribution in [0, 0.1) is 34.5 Å². The van der Waals surface area contributed by atoms with Gasteiger partial charge in [0.25, 0.3) is 0 Å². The van der Waals surface area contributed by atoms with Gasteiger partial charge in [-0.2, -0.15) is 5.26 Å². The number of ketones is 2. The van der Waals surface area contributed by atoms with Crippen molar-refractivity contribution in [3.8, 4) is 6.07 Å². The van der Waals surface area contributed by atoms with Crippen LogP contribution in [-0.2, 0) is 14.3 Å². The quantitative estimate of drug-likeness (QED) is 0.680. The minimum absolute atomic E-state index is 0.0848. The average molecular weight is 263 g/mol. The van der Waals surface area contributed by atoms with Gasteiger partial charge in [0, 0.05) is 11.8 Å². The summed E-state index contributed by atoms with van der Waals surface area (Å²) >= 11 is 0. The smallest absolute Gasteiger partial charge is 0.147 e. The summed E-state index contributed by atoms with van der Waals surface area (Å²) in [7, 11) is 0. The minimum atomic E-state index is -0.950. The molecule has 4 heteroatoms. The molecule has 0 N–H and O–H groups in total. The largest absolute Gasteiger partial charge is 0.371 e. The summed E-state index contributed by atoms with van der Waals surface area (Å²) in [5.41, 5.74) is -1.33. The lowest BCUT2D eigenvalue weighted by Gasteiger charge is -2.57. The summed E-state index contributed by atoms with van der Waals surface area (Å²) in [4.78, 5) is 24.4. The van der Waals surface area contributed by atoms with E-state index in [1.807, 2.05) is 20.8 Å². The van der Waals surface area contributed by atoms with Gasteiger partial charge in [0.15, 0.2) is 0 Å². The fourth-order valence-electron chi connectivity index (χ4n) is 3.47. The monoisotopic (exact) mass is 263 g/mol. The normalized spacial score (nSPS) is 42.3. The van der Waals surface area contributed by atoms with Crippen LogP contribution in [0.3, 0.4) is 0 Å². The number of carbonyl (C=O) groups excluding carboxylic acids is 2. The zero-order valence-corrected chi connectivity index (χ0v) is 12.2. The van der Waals surface area contributed by atoms with Crippen LogP contribution in [0.4, 0.5) is 0 Å². The molecule has 2 rings (SSSR count). The predicted octanol–water partition coefficient (Wildman–Crippen LogP) is 2.12. The molecule has 0 aromatic heterocycles. The highest BCUT2D eigenvalue weighted by molar-refractivity contribution is 6.08. The first-order valence-electron chi connectivity index (χ1n) is 6.81. The lowest BCUT2D eigenvalue weighted by Crippen LogP contribution is -2.67. The number of Topliss-reactive ketones (excluding diaryl/α,β-unsaturated/α-hetero) is 2. The van der Waals surface area contributed by atoms with Crippen molar-refractivity contribution < 1.29 is 14.3 Å². The van der Waals surface area contributed by atoms with Crippen molar-refractivity contribution in [1.29, 1.82) is 5.26 Å². The van der Waals surface area contributed by atoms with Crippen LogP contribution < -0.4 is 0 Å². The van der Waals surface area contributed by atoms with Crippen LogP contribution in [0.25, 0.3) is 0 Å². The molecule has 2 aliphatic rings. The van der Waals surface area contributed by atoms with E-state index in [1.54, 1.807) is 13.8 Å². The zero-order chi connectivity index (χ0) is 14.6. The van der Waals surface area contributed by atoms with Crippen LogP contribution in [-0.4, -0.2) is 23.3 Å². The molecule has 0 bridgehead atoms. The lowest BCUT2D eigenvalue weighted by molar-refractivity contribution is -0.209. The van der Waals surface area contributed by atoms with Crippen molar-refractivity contribution in [2.75, 3.05) is 0 Å². The summed E-state index contributed by atoms with van der Waals surface area (Å²) in [6, 6.07) is 2.25. The number of rotatable bonds is 1. The van der Waals surface area contributed by atoms with Gasteiger partial charge >= 0.3 is 0 Å². The number of ether oxygens (including phenoxy) is 1. The Morgan fingerprint density at radius 2 is 1.84 bits per heavy atom. The van der Waals surface area contributed by atoms with E-state index in [4.69, 9.17) is 4.74 Å². The number of hydrogen-bond acceptors (Lipinski definition) is 4. The first-order valence-corrected chi connectivity index (χ1v) is 6.81. The molecule has 2 saturated carbocycles. The molecule has 104 valence electrons. The van der Waals surface area contributed by atoms with Gasteiger partial charge < -0.3 is 4.74 Å². The number of hydrogen-bond donors (Lipinski definition) is 0. The van der Waals surface area contributed by atoms with Crippen molar-refractivity contribution in [2.24, 2.45) is 23.2 Å². The van der Waals surface area contributed by atoms with Crippen molar-refractivity contribution in [3.63, 3.8) is 0 Å². The fourth-order valence-corrected chi connectivity index (χ4v) is 3.47. The molecule has 4 nitrogen and oxygen atoms in total. The fraction of sp³-hybridized carbons (Fsp3) is 0.800. The highest BCUT2D eigenvalue weighted by Gasteiger charge is 2.68. The second kappa shape index (κ2) is 4.14. The highest BCUT2D eigenvalue weighted by atomic mass is 16.5. The molecule has 19 heavy (non-hydrogen) atoms. The van der Waals surface area contributed by atoms with E-state index in [1.165, 1.54) is 0 Å². The zero-order valence-electron chi connectivity index (χ0n) is 12.2. The molecule has 0 aromatic carbocycles. The Morgan fingerprint density at radius 1 is 1.26 bits per heavy atom. The van der Waals surface area contributed by atoms with Gasteiger partial charge in [-0.25, -0.2) is 0 Å². The van der Waals surface area contributed by atoms with Crippen LogP contribution in [0.15, 0.2) is 0 Å². The van der Waals surface area contributed by atoms with E-state index >= 15 is 0 Å². The summed E-state index contributed by atoms with van der Waals surface area (Å²) in [5.74, 6) is -1.55. The van der Waals surface area contributed by atoms with Gasteiger partial charge in [-0.1, -0.05) is 6.92 Å². The van der Waals surface area contributed by atoms with Gasteiger partial charge in [-0.15, -0.1) is 0 Å². The molecule has 2 fully saturated rings. The van der Waals surface area contributed by atoms with Gasteiger partial charge in [0.1, 0.15) is 17.0 Å². The Hall–Kier alpha value is -1.21. The third kappa shape index (κ3) is 1.83. The molecule has 0 saturated heterocycles. The Labute approximate surface area is 114 Å². The Kier molecular flexibility index (Phi) is 3.10. The van der Waals surface area contributed by atoms with E-state index in [0.29, 0.717) is 6.42 Å². The standard InChI is InChI=1S/C15H21NO3/c1-8-12(17)9(2)15(7-16)10(13(8)18)6-11(15)19-14(3,4)5/h8-11H,6H2,1-5H3/t8?,9?,10-,11-,15-/m1/s1. The number of carbonyl (C=O) groups is 2. The second-order valence-electron chi connectivity index (χ2n) is 6.80. The summed E-state index contributed by atoms with van der Waals surface area (Å²) < 4.78 is 5.91. The molecular weight excluding hydrogens is 242 g/mol. The maximum absolute atomic E-state index is 12.2. The lowest BCUT2D eigenvalue weighted by atomic mass is 9.46. The summed E-state index contributed by atoms with van der Waals surface area (Å²) in [6.45, 7) is 9.18. The van der Waals surface area contributed by atoms with Gasteiger partial charge in [-0.05, 0) is 34.1 Å². The average Bonchev–Trinajstić information content (AvgIpc) is 2.29. The maximum atomic E-state index is 12.2. The Bertz CT molecular complexity index is 451. The van der Waals surface area contributed by atoms with Crippen LogP contribution >= 0.6 is 0 Å². The number of nitrogens with zero attached hydrogens (tertiary/aromatic N) is 1. The first kappa shape index (κ1) is 14.2. The molecule has 2 aliphatic carbocycles. The summed E-state index contributed by atoms with van der Waals surface area (Å²) in [6.07, 6.45) is 0.240. The molecule has 2 unspecified atom stereocenters. The number of fused-ring (bicyclic) bond motifs is 1. The van der Waals surface area contributed by atoms with Crippen molar-refractivity contribution >= 4 is 11.6 Å². The molecule has 0 amide bonds. The van der Waals surface area contributed by atoms with E-state index in [9.17, 15) is 14.9 Å². The van der Waals surface area contributed by atoms with E-state index in [2.05, 4.69) is 6.07 Å². The minimum Gasteiger partial charge on any atom is -0.371 e. The topological polar surface area (TPSA) is 67.2 Å². The molecule has 0 spiro atoms. The van der Waals surface area contributed by atoms with E-state index in [-0.39, 0.29) is 29.2 Å². The molecule has 0 aliphatic heterocycles. The Balaban J connectivity index is 2.36. The van der Waals surface area contributed by atoms with Crippen molar-refractivity contribution in [3.05, 3.63) is 0 Å². The van der Waals surface area contributed by atoms with Gasteiger partial charge in [0.05, 0.1) is 23.7 Å². The Morgan fingerprint density at radius 3 is 2.32 bits per heavy atom. The van der Waals surface area contributed by atoms with Crippen LogP contribution in [0.1, 0.15) is 41.0 Å². The number of nitriles is 1. The van der Waals surface area contributed by atoms with E-state index < -0.39 is 17.3 Å². The maximum Gasteiger partial charge on any atom is 0.147 e. The molecule has 5 atom stereocenters. The molecule has 0 radical (unpaired) electrons. The summed E-state index contributed by atoms with van der Waals surface area (Å²) in [5, 5.41) is 9.60. The highest BCUT2D eigenvalue weighted by Crippen LogP contribution is 2.58. The van der Waals surface area contributed by atoms with E-state index in [0.717, 1.165) is 0 Å². The predicted molar refractivity (Wildman–Crippen MR) is 69.1 cm³/mol. The van der Waals surface area contributed by atoms with Crippen LogP contribution in [0.5, 0.6) is 0 Å². The van der Waals surface area contributed by atoms with Gasteiger partial charge in [0.2, 0.25) is 0 Å². The second-order valence-corrected chi connectivity index (χ2v) is 6.80. The SMILES string of the molecule is CC1C(=O)C(C)[C@]2(C#N)[C@H](C[C@H]2OC(C)(C)C)C1=O. The third-order valence-corrected chi connectivity index (χ3v) is 4.59. The molecule has 0 aromatic rings.